The summed E-state index contributed by atoms with van der Waals surface area (Å²) in [5.74, 6) is -0.145. The standard InChI is InChI=1S/C15H17N5OS/c1-9(11-8-17-20(3)10(11)2)18-15(21)12-7-16-19-14(12)13-5-4-6-22-13/h4-9H,1-3H3,(H,16,19)(H,18,21)/t9-/m0/s1. The van der Waals surface area contributed by atoms with Gasteiger partial charge in [-0.25, -0.2) is 0 Å². The average molecular weight is 315 g/mol. The van der Waals surface area contributed by atoms with Gasteiger partial charge >= 0.3 is 0 Å². The third-order valence-corrected chi connectivity index (χ3v) is 4.63. The van der Waals surface area contributed by atoms with Crippen LogP contribution < -0.4 is 5.32 Å². The van der Waals surface area contributed by atoms with Gasteiger partial charge in [0, 0.05) is 18.3 Å². The second-order valence-corrected chi connectivity index (χ2v) is 6.09. The number of hydrogen-bond acceptors (Lipinski definition) is 4. The molecular weight excluding hydrogens is 298 g/mol. The number of hydrogen-bond donors (Lipinski definition) is 2. The Hall–Kier alpha value is -2.41. The van der Waals surface area contributed by atoms with E-state index in [1.807, 2.05) is 38.4 Å². The van der Waals surface area contributed by atoms with Crippen LogP contribution in [-0.4, -0.2) is 25.9 Å². The van der Waals surface area contributed by atoms with Crippen LogP contribution in [0.4, 0.5) is 0 Å². The van der Waals surface area contributed by atoms with Crippen molar-refractivity contribution in [1.82, 2.24) is 25.3 Å². The van der Waals surface area contributed by atoms with Crippen molar-refractivity contribution in [2.24, 2.45) is 7.05 Å². The number of aromatic nitrogens is 4. The van der Waals surface area contributed by atoms with Crippen LogP contribution >= 0.6 is 11.3 Å². The summed E-state index contributed by atoms with van der Waals surface area (Å²) in [6.45, 7) is 3.94. The zero-order valence-electron chi connectivity index (χ0n) is 12.6. The summed E-state index contributed by atoms with van der Waals surface area (Å²) in [6, 6.07) is 3.79. The monoisotopic (exact) mass is 315 g/mol. The lowest BCUT2D eigenvalue weighted by Gasteiger charge is -2.13. The first-order chi connectivity index (χ1) is 10.6. The molecule has 1 amide bonds. The molecule has 0 aliphatic rings. The van der Waals surface area contributed by atoms with Crippen LogP contribution in [0.1, 0.15) is 34.6 Å². The van der Waals surface area contributed by atoms with Crippen molar-refractivity contribution in [2.45, 2.75) is 19.9 Å². The van der Waals surface area contributed by atoms with E-state index in [1.165, 1.54) is 0 Å². The Morgan fingerprint density at radius 2 is 2.27 bits per heavy atom. The van der Waals surface area contributed by atoms with Crippen LogP contribution in [0.25, 0.3) is 10.6 Å². The number of amides is 1. The molecule has 6 nitrogen and oxygen atoms in total. The summed E-state index contributed by atoms with van der Waals surface area (Å²) < 4.78 is 1.80. The van der Waals surface area contributed by atoms with E-state index in [4.69, 9.17) is 0 Å². The first kappa shape index (κ1) is 14.5. The maximum atomic E-state index is 12.5. The van der Waals surface area contributed by atoms with Gasteiger partial charge in [-0.2, -0.15) is 10.2 Å². The number of aryl methyl sites for hydroxylation is 1. The van der Waals surface area contributed by atoms with Gasteiger partial charge in [0.05, 0.1) is 34.6 Å². The van der Waals surface area contributed by atoms with E-state index >= 15 is 0 Å². The molecule has 7 heteroatoms. The first-order valence-electron chi connectivity index (χ1n) is 6.94. The van der Waals surface area contributed by atoms with E-state index < -0.39 is 0 Å². The zero-order chi connectivity index (χ0) is 15.7. The molecule has 0 aliphatic carbocycles. The number of rotatable bonds is 4. The Morgan fingerprint density at radius 1 is 1.45 bits per heavy atom. The Bertz CT molecular complexity index is 787. The van der Waals surface area contributed by atoms with Gasteiger partial charge in [-0.15, -0.1) is 11.3 Å². The summed E-state index contributed by atoms with van der Waals surface area (Å²) in [5.41, 5.74) is 3.36. The van der Waals surface area contributed by atoms with Gasteiger partial charge in [0.2, 0.25) is 0 Å². The van der Waals surface area contributed by atoms with Crippen molar-refractivity contribution in [2.75, 3.05) is 0 Å². The average Bonchev–Trinajstić information content (AvgIpc) is 3.20. The van der Waals surface area contributed by atoms with Crippen LogP contribution in [-0.2, 0) is 7.05 Å². The van der Waals surface area contributed by atoms with Crippen LogP contribution in [0.2, 0.25) is 0 Å². The Kier molecular flexibility index (Phi) is 3.81. The van der Waals surface area contributed by atoms with Crippen molar-refractivity contribution >= 4 is 17.2 Å². The molecule has 114 valence electrons. The molecule has 2 N–H and O–H groups in total. The Labute approximate surface area is 132 Å². The minimum atomic E-state index is -0.145. The zero-order valence-corrected chi connectivity index (χ0v) is 13.4. The highest BCUT2D eigenvalue weighted by Gasteiger charge is 2.20. The van der Waals surface area contributed by atoms with Gasteiger partial charge in [0.15, 0.2) is 0 Å². The predicted octanol–water partition coefficient (Wildman–Crippen LogP) is 2.67. The predicted molar refractivity (Wildman–Crippen MR) is 85.7 cm³/mol. The van der Waals surface area contributed by atoms with Gasteiger partial charge in [0.1, 0.15) is 0 Å². The smallest absolute Gasteiger partial charge is 0.255 e. The molecule has 1 atom stereocenters. The normalized spacial score (nSPS) is 12.3. The molecule has 0 unspecified atom stereocenters. The second kappa shape index (κ2) is 5.76. The number of aromatic amines is 1. The van der Waals surface area contributed by atoms with Gasteiger partial charge < -0.3 is 5.32 Å². The third-order valence-electron chi connectivity index (χ3n) is 3.74. The van der Waals surface area contributed by atoms with Gasteiger partial charge in [-0.1, -0.05) is 6.07 Å². The third kappa shape index (κ3) is 2.55. The summed E-state index contributed by atoms with van der Waals surface area (Å²) in [4.78, 5) is 13.5. The van der Waals surface area contributed by atoms with Crippen molar-refractivity contribution in [3.8, 4) is 10.6 Å². The van der Waals surface area contributed by atoms with E-state index in [0.717, 1.165) is 21.8 Å². The van der Waals surface area contributed by atoms with E-state index in [-0.39, 0.29) is 11.9 Å². The van der Waals surface area contributed by atoms with Crippen LogP contribution in [0.3, 0.4) is 0 Å². The number of carbonyl (C=O) groups excluding carboxylic acids is 1. The molecule has 3 aromatic rings. The molecule has 0 fully saturated rings. The fraction of sp³-hybridized carbons (Fsp3) is 0.267. The number of thiophene rings is 1. The highest BCUT2D eigenvalue weighted by molar-refractivity contribution is 7.13. The molecule has 0 aromatic carbocycles. The van der Waals surface area contributed by atoms with Crippen LogP contribution in [0, 0.1) is 6.92 Å². The van der Waals surface area contributed by atoms with Gasteiger partial charge in [0.25, 0.3) is 5.91 Å². The fourth-order valence-electron chi connectivity index (χ4n) is 2.36. The van der Waals surface area contributed by atoms with Crippen molar-refractivity contribution < 1.29 is 4.79 Å². The van der Waals surface area contributed by atoms with E-state index in [2.05, 4.69) is 20.6 Å². The molecule has 0 spiro atoms. The maximum Gasteiger partial charge on any atom is 0.255 e. The van der Waals surface area contributed by atoms with Crippen molar-refractivity contribution in [3.05, 3.63) is 46.7 Å². The molecule has 3 aromatic heterocycles. The molecule has 0 aliphatic heterocycles. The minimum Gasteiger partial charge on any atom is -0.345 e. The number of carbonyl (C=O) groups is 1. The first-order valence-corrected chi connectivity index (χ1v) is 7.82. The van der Waals surface area contributed by atoms with Gasteiger partial charge in [-0.05, 0) is 25.3 Å². The van der Waals surface area contributed by atoms with E-state index in [9.17, 15) is 4.79 Å². The Balaban J connectivity index is 1.81. The second-order valence-electron chi connectivity index (χ2n) is 5.14. The largest absolute Gasteiger partial charge is 0.345 e. The highest BCUT2D eigenvalue weighted by atomic mass is 32.1. The van der Waals surface area contributed by atoms with Crippen molar-refractivity contribution in [3.63, 3.8) is 0 Å². The molecular formula is C15H17N5OS. The van der Waals surface area contributed by atoms with Crippen molar-refractivity contribution in [1.29, 1.82) is 0 Å². The topological polar surface area (TPSA) is 75.6 Å². The number of nitrogens with zero attached hydrogens (tertiary/aromatic N) is 3. The Morgan fingerprint density at radius 3 is 2.91 bits per heavy atom. The lowest BCUT2D eigenvalue weighted by atomic mass is 10.1. The minimum absolute atomic E-state index is 0.118. The van der Waals surface area contributed by atoms with E-state index in [1.54, 1.807) is 28.4 Å². The molecule has 0 bridgehead atoms. The summed E-state index contributed by atoms with van der Waals surface area (Å²) in [5, 5.41) is 16.1. The summed E-state index contributed by atoms with van der Waals surface area (Å²) in [6.07, 6.45) is 3.35. The number of nitrogens with one attached hydrogen (secondary N) is 2. The quantitative estimate of drug-likeness (QED) is 0.777. The molecule has 3 heterocycles. The van der Waals surface area contributed by atoms with E-state index in [0.29, 0.717) is 5.56 Å². The molecule has 0 saturated heterocycles. The molecule has 0 radical (unpaired) electrons. The number of H-pyrrole nitrogens is 1. The van der Waals surface area contributed by atoms with Crippen LogP contribution in [0.15, 0.2) is 29.9 Å². The lowest BCUT2D eigenvalue weighted by molar-refractivity contribution is 0.0940. The van der Waals surface area contributed by atoms with Crippen LogP contribution in [0.5, 0.6) is 0 Å². The highest BCUT2D eigenvalue weighted by Crippen LogP contribution is 2.26. The summed E-state index contributed by atoms with van der Waals surface area (Å²) >= 11 is 1.57. The molecule has 22 heavy (non-hydrogen) atoms. The maximum absolute atomic E-state index is 12.5. The SMILES string of the molecule is Cc1c([C@H](C)NC(=O)c2cn[nH]c2-c2cccs2)cnn1C. The fourth-order valence-corrected chi connectivity index (χ4v) is 3.09. The molecule has 3 rings (SSSR count). The summed E-state index contributed by atoms with van der Waals surface area (Å²) in [7, 11) is 1.89. The van der Waals surface area contributed by atoms with Gasteiger partial charge in [-0.3, -0.25) is 14.6 Å². The lowest BCUT2D eigenvalue weighted by Crippen LogP contribution is -2.27. The molecule has 0 saturated carbocycles.